The number of carbonyl (C=O) groups is 3. The van der Waals surface area contributed by atoms with Crippen LogP contribution < -0.4 is 15.0 Å². The van der Waals surface area contributed by atoms with Crippen LogP contribution in [0.1, 0.15) is 31.9 Å². The molecule has 0 bridgehead atoms. The van der Waals surface area contributed by atoms with E-state index in [0.717, 1.165) is 4.90 Å². The number of imide groups is 1. The van der Waals surface area contributed by atoms with Crippen LogP contribution >= 0.6 is 0 Å². The highest BCUT2D eigenvalue weighted by atomic mass is 19.1. The summed E-state index contributed by atoms with van der Waals surface area (Å²) in [6.45, 7) is 3.75. The SMILES string of the molecule is COc1cccc([C@@H]2N[C@](CC(C)C)(C(=O)O)[C@@H]3C(=O)N(c4ccc(F)cc4)C(=O)[C@@H]32)c1. The largest absolute Gasteiger partial charge is 0.497 e. The number of rotatable bonds is 6. The number of amides is 2. The molecule has 2 heterocycles. The third-order valence-electron chi connectivity index (χ3n) is 6.30. The molecule has 0 unspecified atom stereocenters. The van der Waals surface area contributed by atoms with Gasteiger partial charge in [0.15, 0.2) is 0 Å². The number of nitrogens with one attached hydrogen (secondary N) is 1. The standard InChI is InChI=1S/C24H25FN2O5/c1-13(2)12-24(23(30)31)19-18(20(26-24)14-5-4-6-17(11-14)32-3)21(28)27(22(19)29)16-9-7-15(25)8-10-16/h4-11,13,18-20,26H,12H2,1-3H3,(H,30,31)/t18-,19-,20-,24-/m0/s1. The molecule has 4 rings (SSSR count). The van der Waals surface area contributed by atoms with Crippen LogP contribution in [0, 0.1) is 23.6 Å². The summed E-state index contributed by atoms with van der Waals surface area (Å²) in [5, 5.41) is 13.5. The van der Waals surface area contributed by atoms with E-state index in [1.807, 2.05) is 13.8 Å². The maximum absolute atomic E-state index is 13.6. The Balaban J connectivity index is 1.86. The Morgan fingerprint density at radius 3 is 2.47 bits per heavy atom. The second kappa shape index (κ2) is 8.02. The van der Waals surface area contributed by atoms with Gasteiger partial charge in [-0.05, 0) is 54.3 Å². The van der Waals surface area contributed by atoms with Gasteiger partial charge in [-0.25, -0.2) is 9.29 Å². The Hall–Kier alpha value is -3.26. The quantitative estimate of drug-likeness (QED) is 0.670. The average Bonchev–Trinajstić information content (AvgIpc) is 3.23. The maximum atomic E-state index is 13.6. The molecule has 2 amide bonds. The molecule has 2 fully saturated rings. The van der Waals surface area contributed by atoms with Crippen molar-refractivity contribution in [3.63, 3.8) is 0 Å². The van der Waals surface area contributed by atoms with E-state index in [-0.39, 0.29) is 18.0 Å². The van der Waals surface area contributed by atoms with Crippen molar-refractivity contribution in [2.24, 2.45) is 17.8 Å². The normalized spacial score (nSPS) is 27.2. The van der Waals surface area contributed by atoms with Gasteiger partial charge in [0.25, 0.3) is 0 Å². The highest BCUT2D eigenvalue weighted by molar-refractivity contribution is 6.24. The molecule has 0 aliphatic carbocycles. The molecule has 2 aliphatic heterocycles. The third kappa shape index (κ3) is 3.35. The second-order valence-corrected chi connectivity index (χ2v) is 8.76. The molecular weight excluding hydrogens is 415 g/mol. The van der Waals surface area contributed by atoms with E-state index in [2.05, 4.69) is 5.32 Å². The Bertz CT molecular complexity index is 1070. The topological polar surface area (TPSA) is 95.9 Å². The van der Waals surface area contributed by atoms with Crippen LogP contribution in [-0.2, 0) is 14.4 Å². The molecule has 7 nitrogen and oxygen atoms in total. The van der Waals surface area contributed by atoms with E-state index >= 15 is 0 Å². The molecule has 2 aromatic carbocycles. The average molecular weight is 440 g/mol. The summed E-state index contributed by atoms with van der Waals surface area (Å²) in [6.07, 6.45) is 0.167. The van der Waals surface area contributed by atoms with E-state index in [4.69, 9.17) is 4.74 Å². The lowest BCUT2D eigenvalue weighted by atomic mass is 9.75. The van der Waals surface area contributed by atoms with Crippen LogP contribution in [0.25, 0.3) is 0 Å². The molecule has 0 spiro atoms. The first-order valence-corrected chi connectivity index (χ1v) is 10.5. The second-order valence-electron chi connectivity index (χ2n) is 8.76. The number of aliphatic carboxylic acids is 1. The van der Waals surface area contributed by atoms with E-state index in [0.29, 0.717) is 11.3 Å². The van der Waals surface area contributed by atoms with Crippen molar-refractivity contribution < 1.29 is 28.6 Å². The van der Waals surface area contributed by atoms with Crippen molar-refractivity contribution >= 4 is 23.5 Å². The summed E-state index contributed by atoms with van der Waals surface area (Å²) in [6, 6.07) is 11.4. The van der Waals surface area contributed by atoms with Crippen LogP contribution in [0.3, 0.4) is 0 Å². The van der Waals surface area contributed by atoms with Crippen molar-refractivity contribution in [3.8, 4) is 5.75 Å². The Morgan fingerprint density at radius 1 is 1.19 bits per heavy atom. The molecule has 0 saturated carbocycles. The molecule has 0 radical (unpaired) electrons. The monoisotopic (exact) mass is 440 g/mol. The van der Waals surface area contributed by atoms with E-state index in [1.165, 1.54) is 31.4 Å². The van der Waals surface area contributed by atoms with Crippen LogP contribution in [0.2, 0.25) is 0 Å². The molecule has 2 saturated heterocycles. The van der Waals surface area contributed by atoms with Gasteiger partial charge in [-0.3, -0.25) is 19.7 Å². The van der Waals surface area contributed by atoms with Crippen molar-refractivity contribution in [1.29, 1.82) is 0 Å². The highest BCUT2D eigenvalue weighted by Crippen LogP contribution is 2.52. The summed E-state index contributed by atoms with van der Waals surface area (Å²) in [5.41, 5.74) is -0.731. The van der Waals surface area contributed by atoms with Crippen molar-refractivity contribution in [3.05, 3.63) is 59.9 Å². The lowest BCUT2D eigenvalue weighted by Crippen LogP contribution is -2.56. The molecule has 168 valence electrons. The fraction of sp³-hybridized carbons (Fsp3) is 0.375. The smallest absolute Gasteiger partial charge is 0.324 e. The number of carbonyl (C=O) groups excluding carboxylic acids is 2. The molecule has 0 aromatic heterocycles. The van der Waals surface area contributed by atoms with Gasteiger partial charge in [-0.15, -0.1) is 0 Å². The molecule has 2 aliphatic rings. The van der Waals surface area contributed by atoms with Crippen molar-refractivity contribution in [2.75, 3.05) is 12.0 Å². The van der Waals surface area contributed by atoms with Crippen LogP contribution in [0.15, 0.2) is 48.5 Å². The van der Waals surface area contributed by atoms with Gasteiger partial charge in [-0.2, -0.15) is 0 Å². The zero-order valence-corrected chi connectivity index (χ0v) is 18.0. The minimum atomic E-state index is -1.62. The third-order valence-corrected chi connectivity index (χ3v) is 6.30. The number of halogens is 1. The molecule has 2 aromatic rings. The minimum absolute atomic E-state index is 0.0499. The zero-order valence-electron chi connectivity index (χ0n) is 18.0. The molecule has 4 atom stereocenters. The maximum Gasteiger partial charge on any atom is 0.324 e. The number of nitrogens with zero attached hydrogens (tertiary/aromatic N) is 1. The fourth-order valence-corrected chi connectivity index (χ4v) is 5.08. The van der Waals surface area contributed by atoms with E-state index in [9.17, 15) is 23.9 Å². The number of ether oxygens (including phenoxy) is 1. The Morgan fingerprint density at radius 2 is 1.88 bits per heavy atom. The predicted molar refractivity (Wildman–Crippen MR) is 115 cm³/mol. The van der Waals surface area contributed by atoms with Crippen molar-refractivity contribution in [2.45, 2.75) is 31.8 Å². The van der Waals surface area contributed by atoms with Gasteiger partial charge in [-0.1, -0.05) is 26.0 Å². The van der Waals surface area contributed by atoms with Crippen molar-refractivity contribution in [1.82, 2.24) is 5.32 Å². The lowest BCUT2D eigenvalue weighted by Gasteiger charge is -2.32. The Kier molecular flexibility index (Phi) is 5.50. The number of carboxylic acids is 1. The number of hydrogen-bond acceptors (Lipinski definition) is 5. The number of anilines is 1. The minimum Gasteiger partial charge on any atom is -0.497 e. The van der Waals surface area contributed by atoms with Gasteiger partial charge >= 0.3 is 5.97 Å². The molecule has 32 heavy (non-hydrogen) atoms. The number of carboxylic acid groups (broad SMARTS) is 1. The van der Waals surface area contributed by atoms with Crippen LogP contribution in [0.4, 0.5) is 10.1 Å². The lowest BCUT2D eigenvalue weighted by molar-refractivity contribution is -0.149. The summed E-state index contributed by atoms with van der Waals surface area (Å²) in [7, 11) is 1.52. The number of fused-ring (bicyclic) bond motifs is 1. The predicted octanol–water partition coefficient (Wildman–Crippen LogP) is 3.15. The first kappa shape index (κ1) is 22.0. The van der Waals surface area contributed by atoms with Gasteiger partial charge in [0, 0.05) is 6.04 Å². The first-order chi connectivity index (χ1) is 15.2. The number of benzene rings is 2. The summed E-state index contributed by atoms with van der Waals surface area (Å²) < 4.78 is 18.7. The van der Waals surface area contributed by atoms with E-state index < -0.39 is 47.0 Å². The molecule has 8 heteroatoms. The van der Waals surface area contributed by atoms with E-state index in [1.54, 1.807) is 24.3 Å². The van der Waals surface area contributed by atoms with Gasteiger partial charge < -0.3 is 9.84 Å². The number of hydrogen-bond donors (Lipinski definition) is 2. The summed E-state index contributed by atoms with van der Waals surface area (Å²) in [5.74, 6) is -4.27. The molecule has 2 N–H and O–H groups in total. The highest BCUT2D eigenvalue weighted by Gasteiger charge is 2.68. The summed E-state index contributed by atoms with van der Waals surface area (Å²) in [4.78, 5) is 40.8. The zero-order chi connectivity index (χ0) is 23.2. The number of methoxy groups -OCH3 is 1. The van der Waals surface area contributed by atoms with Crippen LogP contribution in [0.5, 0.6) is 5.75 Å². The van der Waals surface area contributed by atoms with Crippen LogP contribution in [-0.4, -0.2) is 35.5 Å². The molecular formula is C24H25FN2O5. The Labute approximate surface area is 185 Å². The fourth-order valence-electron chi connectivity index (χ4n) is 5.08. The van der Waals surface area contributed by atoms with Gasteiger partial charge in [0.05, 0.1) is 24.6 Å². The summed E-state index contributed by atoms with van der Waals surface area (Å²) >= 11 is 0. The van der Waals surface area contributed by atoms with Gasteiger partial charge in [0.1, 0.15) is 17.1 Å². The van der Waals surface area contributed by atoms with Gasteiger partial charge in [0.2, 0.25) is 11.8 Å². The first-order valence-electron chi connectivity index (χ1n) is 10.5.